The first-order chi connectivity index (χ1) is 9.86. The minimum atomic E-state index is 0.652. The molecule has 1 aromatic heterocycles. The summed E-state index contributed by atoms with van der Waals surface area (Å²) < 4.78 is 0. The quantitative estimate of drug-likeness (QED) is 0.882. The van der Waals surface area contributed by atoms with Crippen molar-refractivity contribution in [2.75, 3.05) is 11.9 Å². The fourth-order valence-electron chi connectivity index (χ4n) is 2.36. The molecule has 0 amide bonds. The van der Waals surface area contributed by atoms with Crippen molar-refractivity contribution >= 4 is 5.82 Å². The van der Waals surface area contributed by atoms with Gasteiger partial charge in [0, 0.05) is 31.6 Å². The second-order valence-corrected chi connectivity index (χ2v) is 4.74. The van der Waals surface area contributed by atoms with Gasteiger partial charge in [0.2, 0.25) is 0 Å². The number of anilines is 1. The summed E-state index contributed by atoms with van der Waals surface area (Å²) in [5.41, 5.74) is 4.01. The largest absolute Gasteiger partial charge is 0.366 e. The lowest BCUT2D eigenvalue weighted by Crippen LogP contribution is -2.26. The molecule has 1 aromatic carbocycles. The molecule has 1 aliphatic heterocycles. The zero-order valence-corrected chi connectivity index (χ0v) is 11.1. The lowest BCUT2D eigenvalue weighted by Gasteiger charge is -2.19. The third-order valence-electron chi connectivity index (χ3n) is 3.39. The molecule has 20 heavy (non-hydrogen) atoms. The van der Waals surface area contributed by atoms with Crippen LogP contribution < -0.4 is 10.6 Å². The predicted octanol–water partition coefficient (Wildman–Crippen LogP) is 1.61. The van der Waals surface area contributed by atoms with Crippen molar-refractivity contribution in [1.82, 2.24) is 15.3 Å². The predicted molar refractivity (Wildman–Crippen MR) is 75.9 cm³/mol. The normalized spacial score (nSPS) is 13.3. The van der Waals surface area contributed by atoms with Crippen LogP contribution in [-0.2, 0) is 19.5 Å². The zero-order valence-electron chi connectivity index (χ0n) is 11.1. The van der Waals surface area contributed by atoms with Gasteiger partial charge in [0.15, 0.2) is 0 Å². The number of aromatic nitrogens is 2. The van der Waals surface area contributed by atoms with E-state index in [0.717, 1.165) is 42.1 Å². The highest BCUT2D eigenvalue weighted by Gasteiger charge is 2.14. The monoisotopic (exact) mass is 265 g/mol. The zero-order chi connectivity index (χ0) is 13.8. The van der Waals surface area contributed by atoms with E-state index < -0.39 is 0 Å². The lowest BCUT2D eigenvalue weighted by atomic mass is 10.1. The Labute approximate surface area is 117 Å². The molecule has 2 aromatic rings. The highest BCUT2D eigenvalue weighted by Crippen LogP contribution is 2.19. The molecular formula is C15H15N5. The smallest absolute Gasteiger partial charge is 0.134 e. The maximum absolute atomic E-state index is 8.91. The van der Waals surface area contributed by atoms with E-state index in [-0.39, 0.29) is 0 Å². The molecule has 0 bridgehead atoms. The molecule has 0 fully saturated rings. The summed E-state index contributed by atoms with van der Waals surface area (Å²) in [6.07, 6.45) is 2.55. The fourth-order valence-corrected chi connectivity index (χ4v) is 2.36. The van der Waals surface area contributed by atoms with E-state index in [1.165, 1.54) is 0 Å². The number of nitrogens with zero attached hydrogens (tertiary/aromatic N) is 3. The molecule has 2 N–H and O–H groups in total. The molecule has 2 heterocycles. The van der Waals surface area contributed by atoms with Crippen molar-refractivity contribution in [3.8, 4) is 6.07 Å². The Hall–Kier alpha value is -2.45. The van der Waals surface area contributed by atoms with Crippen LogP contribution in [0.4, 0.5) is 5.82 Å². The topological polar surface area (TPSA) is 73.6 Å². The van der Waals surface area contributed by atoms with Crippen molar-refractivity contribution in [1.29, 1.82) is 5.26 Å². The Morgan fingerprint density at radius 3 is 3.20 bits per heavy atom. The van der Waals surface area contributed by atoms with E-state index in [1.54, 1.807) is 12.4 Å². The molecule has 0 unspecified atom stereocenters. The lowest BCUT2D eigenvalue weighted by molar-refractivity contribution is 0.627. The van der Waals surface area contributed by atoms with E-state index in [9.17, 15) is 0 Å². The van der Waals surface area contributed by atoms with Crippen molar-refractivity contribution in [3.05, 3.63) is 53.0 Å². The van der Waals surface area contributed by atoms with Gasteiger partial charge >= 0.3 is 0 Å². The van der Waals surface area contributed by atoms with Crippen LogP contribution in [0, 0.1) is 11.3 Å². The Bertz CT molecular complexity index is 660. The second kappa shape index (κ2) is 5.68. The van der Waals surface area contributed by atoms with Gasteiger partial charge in [-0.3, -0.25) is 0 Å². The van der Waals surface area contributed by atoms with Gasteiger partial charge in [-0.2, -0.15) is 5.26 Å². The minimum absolute atomic E-state index is 0.652. The Kier molecular flexibility index (Phi) is 3.57. The number of hydrogen-bond donors (Lipinski definition) is 2. The highest BCUT2D eigenvalue weighted by atomic mass is 15.0. The molecule has 0 spiro atoms. The molecule has 0 atom stereocenters. The molecule has 5 heteroatoms. The van der Waals surface area contributed by atoms with Crippen molar-refractivity contribution in [3.63, 3.8) is 0 Å². The van der Waals surface area contributed by atoms with Gasteiger partial charge in [-0.05, 0) is 17.7 Å². The SMILES string of the molecule is N#Cc1cccc(CNc2ncnc3c2CNCC3)c1. The maximum Gasteiger partial charge on any atom is 0.134 e. The molecule has 0 radical (unpaired) electrons. The Morgan fingerprint density at radius 1 is 1.35 bits per heavy atom. The number of nitrogens with one attached hydrogen (secondary N) is 2. The summed E-state index contributed by atoms with van der Waals surface area (Å²) in [5.74, 6) is 0.879. The molecule has 0 saturated carbocycles. The summed E-state index contributed by atoms with van der Waals surface area (Å²) in [6, 6.07) is 9.74. The van der Waals surface area contributed by atoms with Gasteiger partial charge < -0.3 is 10.6 Å². The van der Waals surface area contributed by atoms with E-state index in [4.69, 9.17) is 5.26 Å². The van der Waals surface area contributed by atoms with Crippen LogP contribution in [0.3, 0.4) is 0 Å². The van der Waals surface area contributed by atoms with Gasteiger partial charge in [-0.1, -0.05) is 12.1 Å². The third-order valence-corrected chi connectivity index (χ3v) is 3.39. The third kappa shape index (κ3) is 2.60. The number of rotatable bonds is 3. The average molecular weight is 265 g/mol. The Morgan fingerprint density at radius 2 is 2.30 bits per heavy atom. The molecule has 0 saturated heterocycles. The fraction of sp³-hybridized carbons (Fsp3) is 0.267. The summed E-state index contributed by atoms with van der Waals surface area (Å²) in [4.78, 5) is 8.65. The van der Waals surface area contributed by atoms with Gasteiger partial charge in [-0.25, -0.2) is 9.97 Å². The molecule has 5 nitrogen and oxygen atoms in total. The average Bonchev–Trinajstić information content (AvgIpc) is 2.53. The summed E-state index contributed by atoms with van der Waals surface area (Å²) in [6.45, 7) is 2.42. The van der Waals surface area contributed by atoms with Crippen LogP contribution in [0.25, 0.3) is 0 Å². The first-order valence-electron chi connectivity index (χ1n) is 6.63. The van der Waals surface area contributed by atoms with Crippen LogP contribution in [0.15, 0.2) is 30.6 Å². The van der Waals surface area contributed by atoms with Crippen LogP contribution in [0.5, 0.6) is 0 Å². The van der Waals surface area contributed by atoms with Gasteiger partial charge in [0.25, 0.3) is 0 Å². The van der Waals surface area contributed by atoms with E-state index >= 15 is 0 Å². The van der Waals surface area contributed by atoms with Crippen molar-refractivity contribution in [2.24, 2.45) is 0 Å². The number of fused-ring (bicyclic) bond motifs is 1. The maximum atomic E-state index is 8.91. The van der Waals surface area contributed by atoms with Crippen LogP contribution in [-0.4, -0.2) is 16.5 Å². The highest BCUT2D eigenvalue weighted by molar-refractivity contribution is 5.47. The number of nitriles is 1. The number of benzene rings is 1. The summed E-state index contributed by atoms with van der Waals surface area (Å²) in [7, 11) is 0. The molecule has 1 aliphatic rings. The standard InChI is InChI=1S/C15H15N5/c16-7-11-2-1-3-12(6-11)8-18-15-13-9-17-5-4-14(13)19-10-20-15/h1-3,6,10,17H,4-5,8-9H2,(H,18,19,20). The molecule has 3 rings (SSSR count). The van der Waals surface area contributed by atoms with E-state index in [1.807, 2.05) is 18.2 Å². The van der Waals surface area contributed by atoms with Gasteiger partial charge in [-0.15, -0.1) is 0 Å². The van der Waals surface area contributed by atoms with Crippen molar-refractivity contribution in [2.45, 2.75) is 19.5 Å². The first kappa shape index (κ1) is 12.6. The van der Waals surface area contributed by atoms with Crippen LogP contribution in [0.2, 0.25) is 0 Å². The Balaban J connectivity index is 1.77. The molecule has 100 valence electrons. The summed E-state index contributed by atoms with van der Waals surface area (Å²) in [5, 5.41) is 15.6. The second-order valence-electron chi connectivity index (χ2n) is 4.74. The van der Waals surface area contributed by atoms with Gasteiger partial charge in [0.1, 0.15) is 12.1 Å². The van der Waals surface area contributed by atoms with Crippen LogP contribution in [0.1, 0.15) is 22.4 Å². The number of hydrogen-bond acceptors (Lipinski definition) is 5. The van der Waals surface area contributed by atoms with Crippen molar-refractivity contribution < 1.29 is 0 Å². The van der Waals surface area contributed by atoms with Crippen LogP contribution >= 0.6 is 0 Å². The van der Waals surface area contributed by atoms with E-state index in [0.29, 0.717) is 12.1 Å². The molecular weight excluding hydrogens is 250 g/mol. The minimum Gasteiger partial charge on any atom is -0.366 e. The molecule has 0 aliphatic carbocycles. The first-order valence-corrected chi connectivity index (χ1v) is 6.63. The van der Waals surface area contributed by atoms with E-state index in [2.05, 4.69) is 26.7 Å². The summed E-state index contributed by atoms with van der Waals surface area (Å²) >= 11 is 0. The van der Waals surface area contributed by atoms with Gasteiger partial charge in [0.05, 0.1) is 17.3 Å².